The molecule has 3 heteroatoms. The van der Waals surface area contributed by atoms with Crippen LogP contribution in [0.2, 0.25) is 0 Å². The first-order valence-electron chi connectivity index (χ1n) is 7.44. The fourth-order valence-corrected chi connectivity index (χ4v) is 2.66. The molecule has 0 amide bonds. The molecule has 21 heavy (non-hydrogen) atoms. The predicted octanol–water partition coefficient (Wildman–Crippen LogP) is 3.60. The molecule has 1 N–H and O–H groups in total. The summed E-state index contributed by atoms with van der Waals surface area (Å²) in [7, 11) is 1.72. The molecule has 0 saturated heterocycles. The molecule has 0 bridgehead atoms. The lowest BCUT2D eigenvalue weighted by Crippen LogP contribution is -2.25. The Labute approximate surface area is 127 Å². The molecule has 2 rings (SSSR count). The van der Waals surface area contributed by atoms with E-state index in [0.29, 0.717) is 0 Å². The minimum atomic E-state index is 0.201. The Morgan fingerprint density at radius 1 is 1.24 bits per heavy atom. The molecule has 0 saturated carbocycles. The first-order valence-corrected chi connectivity index (χ1v) is 7.44. The van der Waals surface area contributed by atoms with Gasteiger partial charge in [-0.3, -0.25) is 4.98 Å². The third-order valence-corrected chi connectivity index (χ3v) is 3.69. The molecule has 0 aliphatic heterocycles. The average Bonchev–Trinajstić information content (AvgIpc) is 2.48. The molecule has 1 aromatic heterocycles. The molecule has 3 nitrogen and oxygen atoms in total. The fourth-order valence-electron chi connectivity index (χ4n) is 2.66. The van der Waals surface area contributed by atoms with Gasteiger partial charge in [-0.15, -0.1) is 0 Å². The number of nitrogens with zero attached hydrogens (tertiary/aromatic N) is 1. The maximum atomic E-state index is 5.50. The van der Waals surface area contributed by atoms with E-state index in [0.717, 1.165) is 24.4 Å². The number of likely N-dealkylation sites (N-methyl/N-ethyl adjacent to an activating group) is 1. The Balaban J connectivity index is 2.33. The summed E-state index contributed by atoms with van der Waals surface area (Å²) in [5.74, 6) is 0.942. The predicted molar refractivity (Wildman–Crippen MR) is 86.8 cm³/mol. The van der Waals surface area contributed by atoms with E-state index in [1.54, 1.807) is 7.11 Å². The Morgan fingerprint density at radius 2 is 2.05 bits per heavy atom. The number of benzene rings is 1. The van der Waals surface area contributed by atoms with E-state index < -0.39 is 0 Å². The third kappa shape index (κ3) is 3.82. The molecule has 2 aromatic rings. The van der Waals surface area contributed by atoms with Crippen molar-refractivity contribution in [2.45, 2.75) is 33.2 Å². The van der Waals surface area contributed by atoms with Crippen molar-refractivity contribution in [3.63, 3.8) is 0 Å². The Bertz CT molecular complexity index is 596. The number of hydrogen-bond acceptors (Lipinski definition) is 3. The van der Waals surface area contributed by atoms with Crippen LogP contribution in [-0.4, -0.2) is 18.6 Å². The van der Waals surface area contributed by atoms with E-state index in [1.165, 1.54) is 16.7 Å². The SMILES string of the molecule is CCNC(Cc1cc(C)ccc1OC)c1ncccc1C. The lowest BCUT2D eigenvalue weighted by molar-refractivity contribution is 0.405. The smallest absolute Gasteiger partial charge is 0.122 e. The summed E-state index contributed by atoms with van der Waals surface area (Å²) >= 11 is 0. The standard InChI is InChI=1S/C18H24N2O/c1-5-19-16(18-14(3)7-6-10-20-18)12-15-11-13(2)8-9-17(15)21-4/h6-11,16,19H,5,12H2,1-4H3. The van der Waals surface area contributed by atoms with Crippen molar-refractivity contribution in [1.29, 1.82) is 0 Å². The van der Waals surface area contributed by atoms with Crippen molar-refractivity contribution in [2.75, 3.05) is 13.7 Å². The van der Waals surface area contributed by atoms with Gasteiger partial charge in [-0.05, 0) is 50.1 Å². The van der Waals surface area contributed by atoms with Crippen molar-refractivity contribution >= 4 is 0 Å². The monoisotopic (exact) mass is 284 g/mol. The number of aryl methyl sites for hydroxylation is 2. The van der Waals surface area contributed by atoms with Crippen LogP contribution in [0.1, 0.15) is 35.3 Å². The fraction of sp³-hybridized carbons (Fsp3) is 0.389. The second-order valence-electron chi connectivity index (χ2n) is 5.34. The molecule has 1 aromatic carbocycles. The Kier molecular flexibility index (Phi) is 5.34. The van der Waals surface area contributed by atoms with Gasteiger partial charge in [0.1, 0.15) is 5.75 Å². The van der Waals surface area contributed by atoms with E-state index in [9.17, 15) is 0 Å². The van der Waals surface area contributed by atoms with Crippen LogP contribution in [-0.2, 0) is 6.42 Å². The molecule has 0 radical (unpaired) electrons. The second-order valence-corrected chi connectivity index (χ2v) is 5.34. The molecular weight excluding hydrogens is 260 g/mol. The number of rotatable bonds is 6. The van der Waals surface area contributed by atoms with E-state index in [4.69, 9.17) is 4.74 Å². The average molecular weight is 284 g/mol. The van der Waals surface area contributed by atoms with Gasteiger partial charge in [0.05, 0.1) is 18.8 Å². The van der Waals surface area contributed by atoms with Crippen LogP contribution in [0.4, 0.5) is 0 Å². The Hall–Kier alpha value is -1.87. The number of pyridine rings is 1. The molecule has 1 unspecified atom stereocenters. The van der Waals surface area contributed by atoms with Gasteiger partial charge in [-0.25, -0.2) is 0 Å². The molecular formula is C18H24N2O. The summed E-state index contributed by atoms with van der Waals surface area (Å²) in [5.41, 5.74) is 4.80. The zero-order valence-corrected chi connectivity index (χ0v) is 13.3. The largest absolute Gasteiger partial charge is 0.496 e. The van der Waals surface area contributed by atoms with Gasteiger partial charge >= 0.3 is 0 Å². The number of nitrogens with one attached hydrogen (secondary N) is 1. The van der Waals surface area contributed by atoms with Gasteiger partial charge in [-0.2, -0.15) is 0 Å². The third-order valence-electron chi connectivity index (χ3n) is 3.69. The van der Waals surface area contributed by atoms with Crippen LogP contribution in [0.5, 0.6) is 5.75 Å². The van der Waals surface area contributed by atoms with E-state index in [2.05, 4.69) is 49.3 Å². The molecule has 0 aliphatic carbocycles. The van der Waals surface area contributed by atoms with Gasteiger partial charge < -0.3 is 10.1 Å². The summed E-state index contributed by atoms with van der Waals surface area (Å²) < 4.78 is 5.50. The first-order chi connectivity index (χ1) is 10.2. The van der Waals surface area contributed by atoms with Crippen LogP contribution in [0.25, 0.3) is 0 Å². The molecule has 0 aliphatic rings. The van der Waals surface area contributed by atoms with Gasteiger partial charge in [0.2, 0.25) is 0 Å². The van der Waals surface area contributed by atoms with Crippen LogP contribution < -0.4 is 10.1 Å². The number of methoxy groups -OCH3 is 1. The summed E-state index contributed by atoms with van der Waals surface area (Å²) in [5, 5.41) is 3.54. The summed E-state index contributed by atoms with van der Waals surface area (Å²) in [4.78, 5) is 4.57. The van der Waals surface area contributed by atoms with Gasteiger partial charge in [0.15, 0.2) is 0 Å². The zero-order chi connectivity index (χ0) is 15.2. The van der Waals surface area contributed by atoms with Crippen LogP contribution in [0.15, 0.2) is 36.5 Å². The molecule has 0 fully saturated rings. The quantitative estimate of drug-likeness (QED) is 0.880. The maximum Gasteiger partial charge on any atom is 0.122 e. The number of hydrogen-bond donors (Lipinski definition) is 1. The molecule has 0 spiro atoms. The topological polar surface area (TPSA) is 34.1 Å². The maximum absolute atomic E-state index is 5.50. The summed E-state index contributed by atoms with van der Waals surface area (Å²) in [6, 6.07) is 10.6. The normalized spacial score (nSPS) is 12.2. The van der Waals surface area contributed by atoms with Crippen molar-refractivity contribution in [2.24, 2.45) is 0 Å². The lowest BCUT2D eigenvalue weighted by Gasteiger charge is -2.20. The summed E-state index contributed by atoms with van der Waals surface area (Å²) in [6.45, 7) is 7.25. The van der Waals surface area contributed by atoms with E-state index >= 15 is 0 Å². The van der Waals surface area contributed by atoms with Crippen molar-refractivity contribution in [1.82, 2.24) is 10.3 Å². The number of ether oxygens (including phenoxy) is 1. The Morgan fingerprint density at radius 3 is 2.71 bits per heavy atom. The van der Waals surface area contributed by atoms with Gasteiger partial charge in [0, 0.05) is 6.20 Å². The highest BCUT2D eigenvalue weighted by molar-refractivity contribution is 5.38. The van der Waals surface area contributed by atoms with Crippen LogP contribution in [0.3, 0.4) is 0 Å². The number of aromatic nitrogens is 1. The highest BCUT2D eigenvalue weighted by Gasteiger charge is 2.17. The minimum absolute atomic E-state index is 0.201. The second kappa shape index (κ2) is 7.23. The highest BCUT2D eigenvalue weighted by atomic mass is 16.5. The van der Waals surface area contributed by atoms with Crippen LogP contribution in [0, 0.1) is 13.8 Å². The van der Waals surface area contributed by atoms with E-state index in [1.807, 2.05) is 18.3 Å². The molecule has 112 valence electrons. The first kappa shape index (κ1) is 15.5. The van der Waals surface area contributed by atoms with E-state index in [-0.39, 0.29) is 6.04 Å². The minimum Gasteiger partial charge on any atom is -0.496 e. The molecule has 1 heterocycles. The van der Waals surface area contributed by atoms with Gasteiger partial charge in [-0.1, -0.05) is 30.7 Å². The summed E-state index contributed by atoms with van der Waals surface area (Å²) in [6.07, 6.45) is 2.73. The molecule has 1 atom stereocenters. The van der Waals surface area contributed by atoms with Crippen molar-refractivity contribution in [3.8, 4) is 5.75 Å². The van der Waals surface area contributed by atoms with Crippen molar-refractivity contribution < 1.29 is 4.74 Å². The highest BCUT2D eigenvalue weighted by Crippen LogP contribution is 2.26. The lowest BCUT2D eigenvalue weighted by atomic mass is 9.98. The van der Waals surface area contributed by atoms with Gasteiger partial charge in [0.25, 0.3) is 0 Å². The van der Waals surface area contributed by atoms with Crippen molar-refractivity contribution in [3.05, 3.63) is 58.9 Å². The zero-order valence-electron chi connectivity index (χ0n) is 13.3. The van der Waals surface area contributed by atoms with Crippen LogP contribution >= 0.6 is 0 Å².